The number of hydrogen-bond acceptors (Lipinski definition) is 6. The third-order valence-corrected chi connectivity index (χ3v) is 5.15. The van der Waals surface area contributed by atoms with Crippen LogP contribution >= 0.6 is 0 Å². The van der Waals surface area contributed by atoms with Crippen molar-refractivity contribution in [3.63, 3.8) is 0 Å². The molecule has 1 aromatic heterocycles. The number of benzene rings is 1. The minimum Gasteiger partial charge on any atom is -0.481 e. The average molecular weight is 399 g/mol. The van der Waals surface area contributed by atoms with Crippen molar-refractivity contribution < 1.29 is 9.47 Å². The van der Waals surface area contributed by atoms with Gasteiger partial charge >= 0.3 is 0 Å². The van der Waals surface area contributed by atoms with Gasteiger partial charge in [0.25, 0.3) is 0 Å². The minimum absolute atomic E-state index is 0.0382. The first kappa shape index (κ1) is 21.5. The number of piperidine rings is 1. The van der Waals surface area contributed by atoms with Crippen molar-refractivity contribution in [2.24, 2.45) is 0 Å². The Morgan fingerprint density at radius 1 is 1.17 bits per heavy atom. The van der Waals surface area contributed by atoms with Crippen LogP contribution in [0.1, 0.15) is 63.0 Å². The summed E-state index contributed by atoms with van der Waals surface area (Å²) in [5.41, 5.74) is 2.20. The summed E-state index contributed by atoms with van der Waals surface area (Å²) in [6.45, 7) is 7.79. The van der Waals surface area contributed by atoms with Crippen LogP contribution in [0.15, 0.2) is 30.3 Å². The molecule has 0 saturated carbocycles. The van der Waals surface area contributed by atoms with Gasteiger partial charge in [0, 0.05) is 25.0 Å². The predicted octanol–water partition coefficient (Wildman–Crippen LogP) is 3.81. The van der Waals surface area contributed by atoms with Gasteiger partial charge in [-0.15, -0.1) is 0 Å². The van der Waals surface area contributed by atoms with E-state index in [4.69, 9.17) is 9.47 Å². The van der Waals surface area contributed by atoms with E-state index >= 15 is 0 Å². The van der Waals surface area contributed by atoms with Crippen LogP contribution in [0, 0.1) is 0 Å². The Hall–Kier alpha value is -2.18. The molecule has 1 aliphatic heterocycles. The van der Waals surface area contributed by atoms with Crippen molar-refractivity contribution in [2.45, 2.75) is 71.2 Å². The molecule has 2 atom stereocenters. The maximum Gasteiger partial charge on any atom is 0.225 e. The van der Waals surface area contributed by atoms with E-state index in [1.54, 1.807) is 7.11 Å². The molecule has 0 spiro atoms. The van der Waals surface area contributed by atoms with Gasteiger partial charge in [0.15, 0.2) is 0 Å². The number of hydrogen-bond donors (Lipinski definition) is 2. The number of nitrogens with one attached hydrogen (secondary N) is 2. The lowest BCUT2D eigenvalue weighted by Crippen LogP contribution is -2.45. The Bertz CT molecular complexity index is 767. The molecule has 6 nitrogen and oxygen atoms in total. The van der Waals surface area contributed by atoms with E-state index in [9.17, 15) is 0 Å². The fraction of sp³-hybridized carbons (Fsp3) is 0.565. The van der Waals surface area contributed by atoms with E-state index in [1.807, 2.05) is 13.8 Å². The van der Waals surface area contributed by atoms with E-state index in [-0.39, 0.29) is 12.1 Å². The van der Waals surface area contributed by atoms with Gasteiger partial charge in [-0.1, -0.05) is 37.3 Å². The molecule has 1 aromatic carbocycles. The Kier molecular flexibility index (Phi) is 7.83. The first-order chi connectivity index (χ1) is 14.1. The molecular weight excluding hydrogens is 364 g/mol. The van der Waals surface area contributed by atoms with E-state index in [1.165, 1.54) is 5.56 Å². The Labute approximate surface area is 174 Å². The third kappa shape index (κ3) is 5.67. The molecule has 2 N–H and O–H groups in total. The van der Waals surface area contributed by atoms with E-state index in [0.717, 1.165) is 43.6 Å². The van der Waals surface area contributed by atoms with E-state index < -0.39 is 0 Å². The molecule has 2 aromatic rings. The molecule has 0 bridgehead atoms. The first-order valence-corrected chi connectivity index (χ1v) is 10.7. The first-order valence-electron chi connectivity index (χ1n) is 10.7. The lowest BCUT2D eigenvalue weighted by atomic mass is 9.92. The van der Waals surface area contributed by atoms with Gasteiger partial charge in [0.1, 0.15) is 5.82 Å². The van der Waals surface area contributed by atoms with Crippen LogP contribution in [-0.2, 0) is 13.0 Å². The molecule has 1 saturated heterocycles. The molecule has 0 amide bonds. The molecule has 3 rings (SSSR count). The standard InChI is InChI=1S/C23H34N4O2/c1-5-10-20-26-22(28-4)18(23(27-20)29-16(2)3)15-25-19-13-9-14-24-21(19)17-11-7-6-8-12-17/h6-8,11-12,16,19,21,24-25H,5,9-10,13-15H2,1-4H3/t19-,21-/m0/s1. The highest BCUT2D eigenvalue weighted by atomic mass is 16.5. The molecule has 0 unspecified atom stereocenters. The summed E-state index contributed by atoms with van der Waals surface area (Å²) in [7, 11) is 1.66. The fourth-order valence-electron chi connectivity index (χ4n) is 3.81. The van der Waals surface area contributed by atoms with Crippen molar-refractivity contribution >= 4 is 0 Å². The highest BCUT2D eigenvalue weighted by molar-refractivity contribution is 5.36. The highest BCUT2D eigenvalue weighted by Gasteiger charge is 2.27. The minimum atomic E-state index is 0.0382. The SMILES string of the molecule is CCCc1nc(OC)c(CN[C@H]2CCCN[C@H]2c2ccccc2)c(OC(C)C)n1. The summed E-state index contributed by atoms with van der Waals surface area (Å²) in [4.78, 5) is 9.30. The Morgan fingerprint density at radius 2 is 1.93 bits per heavy atom. The van der Waals surface area contributed by atoms with Crippen LogP contribution in [0.4, 0.5) is 0 Å². The van der Waals surface area contributed by atoms with Crippen molar-refractivity contribution in [1.82, 2.24) is 20.6 Å². The Morgan fingerprint density at radius 3 is 2.62 bits per heavy atom. The maximum absolute atomic E-state index is 6.04. The van der Waals surface area contributed by atoms with Gasteiger partial charge in [-0.25, -0.2) is 0 Å². The Balaban J connectivity index is 1.82. The molecule has 0 aliphatic carbocycles. The second-order valence-corrected chi connectivity index (χ2v) is 7.82. The summed E-state index contributed by atoms with van der Waals surface area (Å²) in [6.07, 6.45) is 4.09. The van der Waals surface area contributed by atoms with Crippen LogP contribution < -0.4 is 20.1 Å². The summed E-state index contributed by atoms with van der Waals surface area (Å²) in [6, 6.07) is 11.2. The van der Waals surface area contributed by atoms with E-state index in [2.05, 4.69) is 57.9 Å². The number of rotatable bonds is 9. The molecular formula is C23H34N4O2. The third-order valence-electron chi connectivity index (χ3n) is 5.15. The predicted molar refractivity (Wildman–Crippen MR) is 115 cm³/mol. The molecule has 1 fully saturated rings. The number of aromatic nitrogens is 2. The maximum atomic E-state index is 6.04. The van der Waals surface area contributed by atoms with Crippen molar-refractivity contribution in [3.05, 3.63) is 47.3 Å². The van der Waals surface area contributed by atoms with Crippen LogP contribution in [0.5, 0.6) is 11.8 Å². The van der Waals surface area contributed by atoms with Gasteiger partial charge in [-0.2, -0.15) is 9.97 Å². The topological polar surface area (TPSA) is 68.3 Å². The fourth-order valence-corrected chi connectivity index (χ4v) is 3.81. The normalized spacial score (nSPS) is 19.3. The van der Waals surface area contributed by atoms with Crippen molar-refractivity contribution in [2.75, 3.05) is 13.7 Å². The highest BCUT2D eigenvalue weighted by Crippen LogP contribution is 2.29. The van der Waals surface area contributed by atoms with Crippen LogP contribution in [0.25, 0.3) is 0 Å². The van der Waals surface area contributed by atoms with Crippen LogP contribution in [-0.4, -0.2) is 35.8 Å². The summed E-state index contributed by atoms with van der Waals surface area (Å²) in [5, 5.41) is 7.39. The number of methoxy groups -OCH3 is 1. The molecule has 29 heavy (non-hydrogen) atoms. The van der Waals surface area contributed by atoms with Gasteiger partial charge in [0.05, 0.1) is 18.8 Å². The molecule has 158 valence electrons. The van der Waals surface area contributed by atoms with Crippen molar-refractivity contribution in [1.29, 1.82) is 0 Å². The van der Waals surface area contributed by atoms with Gasteiger partial charge < -0.3 is 20.1 Å². The monoisotopic (exact) mass is 398 g/mol. The van der Waals surface area contributed by atoms with Crippen LogP contribution in [0.2, 0.25) is 0 Å². The number of ether oxygens (including phenoxy) is 2. The second-order valence-electron chi connectivity index (χ2n) is 7.82. The van der Waals surface area contributed by atoms with Gasteiger partial charge in [-0.3, -0.25) is 0 Å². The zero-order valence-electron chi connectivity index (χ0n) is 18.1. The van der Waals surface area contributed by atoms with Crippen molar-refractivity contribution in [3.8, 4) is 11.8 Å². The largest absolute Gasteiger partial charge is 0.481 e. The second kappa shape index (κ2) is 10.6. The van der Waals surface area contributed by atoms with Gasteiger partial charge in [0.2, 0.25) is 11.8 Å². The zero-order valence-corrected chi connectivity index (χ0v) is 18.1. The number of nitrogens with zero attached hydrogens (tertiary/aromatic N) is 2. The smallest absolute Gasteiger partial charge is 0.225 e. The quantitative estimate of drug-likeness (QED) is 0.670. The molecule has 0 radical (unpaired) electrons. The molecule has 2 heterocycles. The lowest BCUT2D eigenvalue weighted by molar-refractivity contribution is 0.223. The summed E-state index contributed by atoms with van der Waals surface area (Å²) < 4.78 is 11.7. The number of aryl methyl sites for hydroxylation is 1. The van der Waals surface area contributed by atoms with Gasteiger partial charge in [-0.05, 0) is 45.2 Å². The van der Waals surface area contributed by atoms with Crippen LogP contribution in [0.3, 0.4) is 0 Å². The zero-order chi connectivity index (χ0) is 20.6. The summed E-state index contributed by atoms with van der Waals surface area (Å²) in [5.74, 6) is 2.00. The van der Waals surface area contributed by atoms with E-state index in [0.29, 0.717) is 24.3 Å². The average Bonchev–Trinajstić information content (AvgIpc) is 2.73. The lowest BCUT2D eigenvalue weighted by Gasteiger charge is -2.34. The summed E-state index contributed by atoms with van der Waals surface area (Å²) >= 11 is 0. The molecule has 6 heteroatoms. The molecule has 1 aliphatic rings.